The van der Waals surface area contributed by atoms with E-state index in [1.54, 1.807) is 0 Å². The molecule has 0 spiro atoms. The van der Waals surface area contributed by atoms with Gasteiger partial charge in [0.25, 0.3) is 0 Å². The summed E-state index contributed by atoms with van der Waals surface area (Å²) in [6.07, 6.45) is 2.52. The van der Waals surface area contributed by atoms with Gasteiger partial charge in [0, 0.05) is 25.2 Å². The number of nitrogens with one attached hydrogen (secondary N) is 1. The van der Waals surface area contributed by atoms with Gasteiger partial charge in [-0.1, -0.05) is 0 Å². The Morgan fingerprint density at radius 1 is 1.22 bits per heavy atom. The maximum atomic E-state index is 13.7. The van der Waals surface area contributed by atoms with Crippen LogP contribution in [-0.4, -0.2) is 31.1 Å². The van der Waals surface area contributed by atoms with Gasteiger partial charge in [0.15, 0.2) is 0 Å². The standard InChI is InChI=1S/C13H17BrF2N2/c14-11-3-4-12(15)10(13(11)16)9-17-5-8-18-6-1-2-7-18/h3-4,17H,1-2,5-9H2. The highest BCUT2D eigenvalue weighted by Crippen LogP contribution is 2.21. The lowest BCUT2D eigenvalue weighted by molar-refractivity contribution is 0.334. The smallest absolute Gasteiger partial charge is 0.144 e. The van der Waals surface area contributed by atoms with Crippen molar-refractivity contribution in [2.75, 3.05) is 26.2 Å². The van der Waals surface area contributed by atoms with Crippen molar-refractivity contribution < 1.29 is 8.78 Å². The first kappa shape index (κ1) is 13.9. The molecule has 0 unspecified atom stereocenters. The lowest BCUT2D eigenvalue weighted by atomic mass is 10.2. The highest BCUT2D eigenvalue weighted by molar-refractivity contribution is 9.10. The molecule has 5 heteroatoms. The van der Waals surface area contributed by atoms with E-state index in [1.807, 2.05) is 0 Å². The molecule has 1 N–H and O–H groups in total. The molecule has 100 valence electrons. The average Bonchev–Trinajstić information content (AvgIpc) is 2.86. The topological polar surface area (TPSA) is 15.3 Å². The molecule has 0 saturated carbocycles. The van der Waals surface area contributed by atoms with Crippen LogP contribution in [0.25, 0.3) is 0 Å². The second kappa shape index (κ2) is 6.59. The van der Waals surface area contributed by atoms with Crippen LogP contribution in [0.2, 0.25) is 0 Å². The summed E-state index contributed by atoms with van der Waals surface area (Å²) in [7, 11) is 0. The summed E-state index contributed by atoms with van der Waals surface area (Å²) in [5.41, 5.74) is 0.103. The van der Waals surface area contributed by atoms with E-state index in [-0.39, 0.29) is 12.1 Å². The van der Waals surface area contributed by atoms with Gasteiger partial charge in [-0.25, -0.2) is 8.78 Å². The van der Waals surface area contributed by atoms with Crippen molar-refractivity contribution in [3.8, 4) is 0 Å². The quantitative estimate of drug-likeness (QED) is 0.663. The fourth-order valence-corrected chi connectivity index (χ4v) is 2.56. The van der Waals surface area contributed by atoms with E-state index in [4.69, 9.17) is 0 Å². The Hall–Kier alpha value is -0.520. The molecular formula is C13H17BrF2N2. The minimum absolute atomic E-state index is 0.103. The lowest BCUT2D eigenvalue weighted by Crippen LogP contribution is -2.30. The summed E-state index contributed by atoms with van der Waals surface area (Å²) in [5.74, 6) is -1.01. The monoisotopic (exact) mass is 318 g/mol. The Kier molecular flexibility index (Phi) is 5.09. The van der Waals surface area contributed by atoms with E-state index >= 15 is 0 Å². The van der Waals surface area contributed by atoms with Crippen LogP contribution in [0.5, 0.6) is 0 Å². The predicted molar refractivity (Wildman–Crippen MR) is 71.4 cm³/mol. The number of hydrogen-bond acceptors (Lipinski definition) is 2. The van der Waals surface area contributed by atoms with E-state index in [2.05, 4.69) is 26.1 Å². The number of nitrogens with zero attached hydrogens (tertiary/aromatic N) is 1. The molecule has 0 aliphatic carbocycles. The van der Waals surface area contributed by atoms with Crippen molar-refractivity contribution in [3.63, 3.8) is 0 Å². The first-order valence-corrected chi connectivity index (χ1v) is 7.03. The average molecular weight is 319 g/mol. The van der Waals surface area contributed by atoms with Crippen LogP contribution in [0.1, 0.15) is 18.4 Å². The van der Waals surface area contributed by atoms with Gasteiger partial charge in [-0.05, 0) is 54.0 Å². The first-order valence-electron chi connectivity index (χ1n) is 6.24. The van der Waals surface area contributed by atoms with E-state index in [0.717, 1.165) is 26.2 Å². The summed E-state index contributed by atoms with van der Waals surface area (Å²) in [6.45, 7) is 4.20. The van der Waals surface area contributed by atoms with Gasteiger partial charge in [0.05, 0.1) is 4.47 Å². The van der Waals surface area contributed by atoms with Crippen LogP contribution in [0, 0.1) is 11.6 Å². The summed E-state index contributed by atoms with van der Waals surface area (Å²) in [6, 6.07) is 2.67. The van der Waals surface area contributed by atoms with Crippen LogP contribution in [0.15, 0.2) is 16.6 Å². The van der Waals surface area contributed by atoms with Crippen LogP contribution < -0.4 is 5.32 Å². The highest BCUT2D eigenvalue weighted by atomic mass is 79.9. The number of halogens is 3. The van der Waals surface area contributed by atoms with E-state index in [1.165, 1.54) is 25.0 Å². The summed E-state index contributed by atoms with van der Waals surface area (Å²) >= 11 is 3.07. The Morgan fingerprint density at radius 2 is 1.94 bits per heavy atom. The van der Waals surface area contributed by atoms with Gasteiger partial charge < -0.3 is 10.2 Å². The van der Waals surface area contributed by atoms with Gasteiger partial charge in [-0.3, -0.25) is 0 Å². The molecule has 1 aliphatic heterocycles. The molecule has 1 aromatic rings. The molecule has 1 saturated heterocycles. The van der Waals surface area contributed by atoms with E-state index in [9.17, 15) is 8.78 Å². The van der Waals surface area contributed by atoms with Crippen LogP contribution >= 0.6 is 15.9 Å². The second-order valence-corrected chi connectivity index (χ2v) is 5.40. The molecular weight excluding hydrogens is 302 g/mol. The Bertz CT molecular complexity index is 406. The molecule has 1 heterocycles. The molecule has 2 rings (SSSR count). The summed E-state index contributed by atoms with van der Waals surface area (Å²) in [4.78, 5) is 2.36. The zero-order chi connectivity index (χ0) is 13.0. The zero-order valence-electron chi connectivity index (χ0n) is 10.2. The third kappa shape index (κ3) is 3.49. The molecule has 1 aliphatic rings. The van der Waals surface area contributed by atoms with Gasteiger partial charge in [0.2, 0.25) is 0 Å². The van der Waals surface area contributed by atoms with Crippen LogP contribution in [0.4, 0.5) is 8.78 Å². The summed E-state index contributed by atoms with van der Waals surface area (Å²) < 4.78 is 27.4. The SMILES string of the molecule is Fc1ccc(Br)c(F)c1CNCCN1CCCC1. The van der Waals surface area contributed by atoms with Gasteiger partial charge in [-0.15, -0.1) is 0 Å². The molecule has 1 aromatic carbocycles. The number of hydrogen-bond donors (Lipinski definition) is 1. The molecule has 0 bridgehead atoms. The highest BCUT2D eigenvalue weighted by Gasteiger charge is 2.13. The van der Waals surface area contributed by atoms with Crippen molar-refractivity contribution in [1.29, 1.82) is 0 Å². The van der Waals surface area contributed by atoms with E-state index in [0.29, 0.717) is 4.47 Å². The molecule has 2 nitrogen and oxygen atoms in total. The molecule has 0 amide bonds. The molecule has 0 aromatic heterocycles. The molecule has 0 radical (unpaired) electrons. The molecule has 1 fully saturated rings. The number of benzene rings is 1. The fourth-order valence-electron chi connectivity index (χ4n) is 2.19. The molecule has 18 heavy (non-hydrogen) atoms. The largest absolute Gasteiger partial charge is 0.311 e. The van der Waals surface area contributed by atoms with Crippen molar-refractivity contribution in [3.05, 3.63) is 33.8 Å². The van der Waals surface area contributed by atoms with Gasteiger partial charge in [-0.2, -0.15) is 0 Å². The Morgan fingerprint density at radius 3 is 2.67 bits per heavy atom. The van der Waals surface area contributed by atoms with Crippen molar-refractivity contribution in [2.24, 2.45) is 0 Å². The number of likely N-dealkylation sites (tertiary alicyclic amines) is 1. The first-order chi connectivity index (χ1) is 8.68. The molecule has 0 atom stereocenters. The third-order valence-electron chi connectivity index (χ3n) is 3.24. The van der Waals surface area contributed by atoms with Crippen molar-refractivity contribution >= 4 is 15.9 Å². The summed E-state index contributed by atoms with van der Waals surface area (Å²) in [5, 5.41) is 3.09. The van der Waals surface area contributed by atoms with Crippen LogP contribution in [-0.2, 0) is 6.54 Å². The van der Waals surface area contributed by atoms with Crippen molar-refractivity contribution in [2.45, 2.75) is 19.4 Å². The Balaban J connectivity index is 1.80. The van der Waals surface area contributed by atoms with Crippen molar-refractivity contribution in [1.82, 2.24) is 10.2 Å². The van der Waals surface area contributed by atoms with E-state index < -0.39 is 11.6 Å². The van der Waals surface area contributed by atoms with Gasteiger partial charge >= 0.3 is 0 Å². The normalized spacial score (nSPS) is 16.4. The van der Waals surface area contributed by atoms with Crippen LogP contribution in [0.3, 0.4) is 0 Å². The minimum Gasteiger partial charge on any atom is -0.311 e. The van der Waals surface area contributed by atoms with Gasteiger partial charge in [0.1, 0.15) is 11.6 Å². The fraction of sp³-hybridized carbons (Fsp3) is 0.538. The lowest BCUT2D eigenvalue weighted by Gasteiger charge is -2.15. The maximum Gasteiger partial charge on any atom is 0.144 e. The predicted octanol–water partition coefficient (Wildman–Crippen LogP) is 2.91. The number of rotatable bonds is 5. The maximum absolute atomic E-state index is 13.7. The zero-order valence-corrected chi connectivity index (χ0v) is 11.8. The Labute approximate surface area is 114 Å². The minimum atomic E-state index is -0.510. The third-order valence-corrected chi connectivity index (χ3v) is 3.86. The second-order valence-electron chi connectivity index (χ2n) is 4.55.